The second-order valence-electron chi connectivity index (χ2n) is 7.32. The normalized spacial score (nSPS) is 21.6. The molecule has 6 nitrogen and oxygen atoms in total. The van der Waals surface area contributed by atoms with Gasteiger partial charge in [-0.1, -0.05) is 54.9 Å². The van der Waals surface area contributed by atoms with Gasteiger partial charge in [0, 0.05) is 22.8 Å². The number of aromatic hydroxyl groups is 1. The third-order valence-corrected chi connectivity index (χ3v) is 5.61. The van der Waals surface area contributed by atoms with Crippen LogP contribution in [0.4, 0.5) is 4.79 Å². The topological polar surface area (TPSA) is 102 Å². The molecule has 0 heterocycles. The summed E-state index contributed by atoms with van der Waals surface area (Å²) in [6.07, 6.45) is -0.545. The van der Waals surface area contributed by atoms with Gasteiger partial charge in [-0.05, 0) is 29.7 Å². The number of ether oxygens (including phenoxy) is 1. The van der Waals surface area contributed by atoms with Gasteiger partial charge < -0.3 is 20.9 Å². The van der Waals surface area contributed by atoms with E-state index in [1.807, 2.05) is 30.3 Å². The molecule has 0 aromatic heterocycles. The number of nitrogens with one attached hydrogen (secondary N) is 1. The molecule has 0 spiro atoms. The second kappa shape index (κ2) is 8.10. The van der Waals surface area contributed by atoms with Gasteiger partial charge in [-0.15, -0.1) is 0 Å². The van der Waals surface area contributed by atoms with E-state index in [9.17, 15) is 14.7 Å². The highest BCUT2D eigenvalue weighted by molar-refractivity contribution is 6.31. The number of rotatable bonds is 7. The number of amides is 2. The Kier molecular flexibility index (Phi) is 5.79. The van der Waals surface area contributed by atoms with Crippen LogP contribution in [0.5, 0.6) is 5.75 Å². The lowest BCUT2D eigenvalue weighted by molar-refractivity contribution is -0.123. The minimum atomic E-state index is -0.922. The van der Waals surface area contributed by atoms with Gasteiger partial charge in [0.15, 0.2) is 0 Å². The number of carbonyl (C=O) groups is 2. The van der Waals surface area contributed by atoms with Crippen molar-refractivity contribution >= 4 is 23.6 Å². The maximum Gasteiger partial charge on any atom is 0.404 e. The summed E-state index contributed by atoms with van der Waals surface area (Å²) >= 11 is 6.12. The van der Waals surface area contributed by atoms with Crippen molar-refractivity contribution in [3.05, 3.63) is 64.7 Å². The number of phenolic OH excluding ortho intramolecular Hbond substituents is 1. The summed E-state index contributed by atoms with van der Waals surface area (Å²) in [4.78, 5) is 23.8. The summed E-state index contributed by atoms with van der Waals surface area (Å²) in [6, 6.07) is 14.5. The minimum absolute atomic E-state index is 0.0448. The van der Waals surface area contributed by atoms with Gasteiger partial charge in [-0.3, -0.25) is 4.79 Å². The Morgan fingerprint density at radius 1 is 1.32 bits per heavy atom. The molecular formula is C21H23ClN2O4. The Morgan fingerprint density at radius 3 is 2.68 bits per heavy atom. The van der Waals surface area contributed by atoms with E-state index in [4.69, 9.17) is 22.1 Å². The highest BCUT2D eigenvalue weighted by atomic mass is 35.5. The summed E-state index contributed by atoms with van der Waals surface area (Å²) < 4.78 is 5.13. The van der Waals surface area contributed by atoms with Gasteiger partial charge in [0.2, 0.25) is 5.91 Å². The van der Waals surface area contributed by atoms with Gasteiger partial charge in [0.1, 0.15) is 11.9 Å². The first-order valence-corrected chi connectivity index (χ1v) is 9.44. The fourth-order valence-corrected chi connectivity index (χ4v) is 3.74. The van der Waals surface area contributed by atoms with Gasteiger partial charge in [0.25, 0.3) is 0 Å². The van der Waals surface area contributed by atoms with E-state index in [1.54, 1.807) is 6.07 Å². The van der Waals surface area contributed by atoms with Crippen LogP contribution in [0.2, 0.25) is 5.02 Å². The number of primary amides is 1. The van der Waals surface area contributed by atoms with Crippen molar-refractivity contribution in [2.45, 2.75) is 31.3 Å². The Morgan fingerprint density at radius 2 is 2.04 bits per heavy atom. The Balaban J connectivity index is 1.61. The lowest BCUT2D eigenvalue weighted by atomic mass is 9.95. The molecule has 1 saturated carbocycles. The van der Waals surface area contributed by atoms with E-state index in [0.29, 0.717) is 10.6 Å². The maximum absolute atomic E-state index is 12.6. The number of hydrogen-bond donors (Lipinski definition) is 3. The van der Waals surface area contributed by atoms with Crippen LogP contribution >= 0.6 is 11.6 Å². The number of carbonyl (C=O) groups excluding carboxylic acids is 2. The maximum atomic E-state index is 12.6. The summed E-state index contributed by atoms with van der Waals surface area (Å²) in [5.74, 6) is -0.161. The smallest absolute Gasteiger partial charge is 0.404 e. The first-order chi connectivity index (χ1) is 13.3. The van der Waals surface area contributed by atoms with E-state index in [0.717, 1.165) is 12.0 Å². The van der Waals surface area contributed by atoms with Gasteiger partial charge in [-0.25, -0.2) is 4.79 Å². The number of nitrogens with two attached hydrogens (primary N) is 1. The van der Waals surface area contributed by atoms with Crippen molar-refractivity contribution in [2.75, 3.05) is 6.54 Å². The summed E-state index contributed by atoms with van der Waals surface area (Å²) in [7, 11) is 0. The molecule has 1 aliphatic carbocycles. The Hall–Kier alpha value is -2.73. The average Bonchev–Trinajstić information content (AvgIpc) is 3.35. The molecule has 148 valence electrons. The van der Waals surface area contributed by atoms with E-state index >= 15 is 0 Å². The summed E-state index contributed by atoms with van der Waals surface area (Å²) in [5.41, 5.74) is 6.80. The summed E-state index contributed by atoms with van der Waals surface area (Å²) in [6.45, 7) is 2.19. The third kappa shape index (κ3) is 4.57. The first-order valence-electron chi connectivity index (χ1n) is 9.06. The molecule has 0 bridgehead atoms. The van der Waals surface area contributed by atoms with Crippen molar-refractivity contribution in [3.63, 3.8) is 0 Å². The van der Waals surface area contributed by atoms with Crippen LogP contribution in [0.25, 0.3) is 0 Å². The first kappa shape index (κ1) is 20.0. The van der Waals surface area contributed by atoms with E-state index < -0.39 is 12.2 Å². The van der Waals surface area contributed by atoms with Gasteiger partial charge in [-0.2, -0.15) is 0 Å². The average molecular weight is 403 g/mol. The number of benzene rings is 2. The van der Waals surface area contributed by atoms with Crippen LogP contribution in [-0.2, 0) is 21.4 Å². The van der Waals surface area contributed by atoms with E-state index in [1.165, 1.54) is 12.1 Å². The molecule has 0 aliphatic heterocycles. The molecular weight excluding hydrogens is 380 g/mol. The fraction of sp³-hybridized carbons (Fsp3) is 0.333. The molecule has 2 aromatic rings. The van der Waals surface area contributed by atoms with Crippen LogP contribution in [0, 0.1) is 5.92 Å². The second-order valence-corrected chi connectivity index (χ2v) is 7.73. The molecule has 0 saturated heterocycles. The zero-order valence-corrected chi connectivity index (χ0v) is 16.3. The Bertz CT molecular complexity index is 874. The zero-order chi connectivity index (χ0) is 20.3. The quantitative estimate of drug-likeness (QED) is 0.662. The highest BCUT2D eigenvalue weighted by Crippen LogP contribution is 2.53. The summed E-state index contributed by atoms with van der Waals surface area (Å²) in [5, 5.41) is 12.7. The monoisotopic (exact) mass is 402 g/mol. The largest absolute Gasteiger partial charge is 0.508 e. The molecule has 0 radical (unpaired) electrons. The fourth-order valence-electron chi connectivity index (χ4n) is 3.49. The Labute approximate surface area is 168 Å². The number of phenols is 1. The molecule has 1 unspecified atom stereocenters. The molecule has 2 amide bonds. The molecule has 2 aromatic carbocycles. The van der Waals surface area contributed by atoms with Crippen LogP contribution in [-0.4, -0.2) is 29.8 Å². The molecule has 4 N–H and O–H groups in total. The van der Waals surface area contributed by atoms with E-state index in [-0.39, 0.29) is 36.0 Å². The molecule has 1 fully saturated rings. The molecule has 3 rings (SSSR count). The van der Waals surface area contributed by atoms with Crippen molar-refractivity contribution < 1.29 is 19.4 Å². The van der Waals surface area contributed by atoms with Crippen molar-refractivity contribution in [1.29, 1.82) is 0 Å². The van der Waals surface area contributed by atoms with Crippen molar-refractivity contribution in [1.82, 2.24) is 5.32 Å². The predicted octanol–water partition coefficient (Wildman–Crippen LogP) is 3.15. The van der Waals surface area contributed by atoms with Crippen LogP contribution in [0.3, 0.4) is 0 Å². The van der Waals surface area contributed by atoms with Crippen LogP contribution < -0.4 is 11.1 Å². The van der Waals surface area contributed by atoms with E-state index in [2.05, 4.69) is 12.2 Å². The minimum Gasteiger partial charge on any atom is -0.508 e. The molecule has 7 heteroatoms. The standard InChI is InChI=1S/C21H23ClN2O4/c1-21(14-5-3-2-4-6-14)11-17(21)19(26)24-12-16(28-20(23)27)9-13-7-8-15(25)10-18(13)22/h2-8,10,16-17,25H,9,11-12H2,1H3,(H2,23,27)(H,24,26)/t16?,17-,21-/m0/s1. The molecule has 3 atom stereocenters. The molecule has 1 aliphatic rings. The SMILES string of the molecule is C[C@@]1(c2ccccc2)C[C@H]1C(=O)NCC(Cc1ccc(O)cc1Cl)OC(N)=O. The lowest BCUT2D eigenvalue weighted by Crippen LogP contribution is -2.38. The van der Waals surface area contributed by atoms with Crippen molar-refractivity contribution in [3.8, 4) is 5.75 Å². The highest BCUT2D eigenvalue weighted by Gasteiger charge is 2.55. The zero-order valence-electron chi connectivity index (χ0n) is 15.5. The number of hydrogen-bond acceptors (Lipinski definition) is 4. The van der Waals surface area contributed by atoms with Crippen LogP contribution in [0.15, 0.2) is 48.5 Å². The number of halogens is 1. The van der Waals surface area contributed by atoms with Gasteiger partial charge >= 0.3 is 6.09 Å². The predicted molar refractivity (Wildman–Crippen MR) is 106 cm³/mol. The third-order valence-electron chi connectivity index (χ3n) is 5.26. The molecule has 28 heavy (non-hydrogen) atoms. The van der Waals surface area contributed by atoms with Crippen LogP contribution in [0.1, 0.15) is 24.5 Å². The lowest BCUT2D eigenvalue weighted by Gasteiger charge is -2.19. The van der Waals surface area contributed by atoms with Crippen molar-refractivity contribution in [2.24, 2.45) is 11.7 Å². The van der Waals surface area contributed by atoms with Gasteiger partial charge in [0.05, 0.1) is 6.54 Å².